The Morgan fingerprint density at radius 1 is 1.03 bits per heavy atom. The van der Waals surface area contributed by atoms with E-state index in [1.54, 1.807) is 11.8 Å². The Morgan fingerprint density at radius 2 is 1.67 bits per heavy atom. The Hall–Kier alpha value is -2.61. The molecule has 2 heterocycles. The van der Waals surface area contributed by atoms with Crippen LogP contribution < -0.4 is 0 Å². The predicted molar refractivity (Wildman–Crippen MR) is 148 cm³/mol. The number of aromatic amines is 1. The van der Waals surface area contributed by atoms with E-state index in [0.29, 0.717) is 5.75 Å². The molecule has 36 heavy (non-hydrogen) atoms. The molecule has 1 aromatic heterocycles. The maximum atomic E-state index is 12.2. The van der Waals surface area contributed by atoms with E-state index in [0.717, 1.165) is 78.8 Å². The van der Waals surface area contributed by atoms with Gasteiger partial charge < -0.3 is 14.8 Å². The van der Waals surface area contributed by atoms with Crippen LogP contribution in [0.2, 0.25) is 0 Å². The molecule has 0 spiro atoms. The third-order valence-corrected chi connectivity index (χ3v) is 7.40. The Labute approximate surface area is 219 Å². The van der Waals surface area contributed by atoms with Crippen LogP contribution in [-0.4, -0.2) is 49.5 Å². The van der Waals surface area contributed by atoms with E-state index in [2.05, 4.69) is 90.7 Å². The summed E-state index contributed by atoms with van der Waals surface area (Å²) in [6.07, 6.45) is 11.6. The Morgan fingerprint density at radius 3 is 2.25 bits per heavy atom. The van der Waals surface area contributed by atoms with Crippen LogP contribution in [0.4, 0.5) is 0 Å². The highest BCUT2D eigenvalue weighted by molar-refractivity contribution is 8.06. The fraction of sp³-hybridized carbons (Fsp3) is 0.571. The summed E-state index contributed by atoms with van der Waals surface area (Å²) < 4.78 is 0. The molecule has 0 fully saturated rings. The van der Waals surface area contributed by atoms with Gasteiger partial charge in [-0.15, -0.1) is 5.10 Å². The van der Waals surface area contributed by atoms with Gasteiger partial charge >= 0.3 is 0 Å². The summed E-state index contributed by atoms with van der Waals surface area (Å²) in [5.41, 5.74) is 2.49. The normalized spacial score (nSPS) is 17.7. The second-order valence-electron chi connectivity index (χ2n) is 11.6. The van der Waals surface area contributed by atoms with Crippen molar-refractivity contribution in [2.75, 3.05) is 6.54 Å². The highest BCUT2D eigenvalue weighted by Crippen LogP contribution is 2.41. The number of rotatable bonds is 10. The first kappa shape index (κ1) is 28.0. The number of nitrogens with one attached hydrogen (secondary N) is 1. The highest BCUT2D eigenvalue weighted by atomic mass is 32.2. The lowest BCUT2D eigenvalue weighted by molar-refractivity contribution is -0.110. The van der Waals surface area contributed by atoms with Crippen LogP contribution in [0.3, 0.4) is 0 Å². The highest BCUT2D eigenvalue weighted by Gasteiger charge is 2.27. The van der Waals surface area contributed by atoms with Gasteiger partial charge in [0.15, 0.2) is 0 Å². The third kappa shape index (κ3) is 7.45. The number of unbranched alkanes of at least 4 members (excludes halogenated alkanes) is 4. The van der Waals surface area contributed by atoms with Crippen LogP contribution >= 0.6 is 11.8 Å². The number of hydrogen-bond acceptors (Lipinski definition) is 7. The SMILES string of the molecule is CC(C)(C)c1cc(C=C2SC=CN(CCCCCCCc3nnn[nH]3)C2C=O)cc(C(C)(C)C)c1O. The topological polar surface area (TPSA) is 95.0 Å². The molecule has 0 bridgehead atoms. The van der Waals surface area contributed by atoms with Crippen molar-refractivity contribution in [3.63, 3.8) is 0 Å². The monoisotopic (exact) mass is 511 g/mol. The Balaban J connectivity index is 1.66. The zero-order valence-corrected chi connectivity index (χ0v) is 23.4. The van der Waals surface area contributed by atoms with Gasteiger partial charge in [0, 0.05) is 35.2 Å². The second-order valence-corrected chi connectivity index (χ2v) is 12.6. The largest absolute Gasteiger partial charge is 0.507 e. The first-order chi connectivity index (χ1) is 17.0. The lowest BCUT2D eigenvalue weighted by Crippen LogP contribution is -2.35. The summed E-state index contributed by atoms with van der Waals surface area (Å²) in [5.74, 6) is 1.22. The average Bonchev–Trinajstić information content (AvgIpc) is 3.31. The van der Waals surface area contributed by atoms with Gasteiger partial charge in [-0.3, -0.25) is 0 Å². The first-order valence-corrected chi connectivity index (χ1v) is 13.7. The van der Waals surface area contributed by atoms with Crippen molar-refractivity contribution in [1.82, 2.24) is 25.5 Å². The number of nitrogens with zero attached hydrogens (tertiary/aromatic N) is 4. The minimum Gasteiger partial charge on any atom is -0.507 e. The minimum atomic E-state index is -0.288. The number of tetrazole rings is 1. The van der Waals surface area contributed by atoms with Crippen molar-refractivity contribution in [3.8, 4) is 5.75 Å². The molecule has 196 valence electrons. The van der Waals surface area contributed by atoms with E-state index in [9.17, 15) is 9.90 Å². The van der Waals surface area contributed by atoms with Gasteiger partial charge in [0.1, 0.15) is 23.9 Å². The number of H-pyrrole nitrogens is 1. The number of benzene rings is 1. The van der Waals surface area contributed by atoms with E-state index < -0.39 is 0 Å². The summed E-state index contributed by atoms with van der Waals surface area (Å²) in [4.78, 5) is 15.3. The number of phenolic OH excluding ortho intramolecular Hbond substituents is 1. The zero-order chi connectivity index (χ0) is 26.3. The number of aryl methyl sites for hydroxylation is 1. The lowest BCUT2D eigenvalue weighted by atomic mass is 9.78. The fourth-order valence-corrected chi connectivity index (χ4v) is 5.35. The third-order valence-electron chi connectivity index (χ3n) is 6.51. The van der Waals surface area contributed by atoms with E-state index in [1.807, 2.05) is 6.20 Å². The van der Waals surface area contributed by atoms with Crippen molar-refractivity contribution in [3.05, 3.63) is 51.2 Å². The summed E-state index contributed by atoms with van der Waals surface area (Å²) >= 11 is 1.60. The number of phenols is 1. The standard InChI is InChI=1S/C28H41N5O2S/c1-27(2,3)21-16-20(17-22(26(21)35)28(4,5)6)18-24-23(19-34)33(14-15-36-24)13-11-9-7-8-10-12-25-29-31-32-30-25/h14-19,23,35H,7-13H2,1-6H3,(H,29,30,31,32). The van der Waals surface area contributed by atoms with Crippen molar-refractivity contribution >= 4 is 24.1 Å². The lowest BCUT2D eigenvalue weighted by Gasteiger charge is -2.32. The van der Waals surface area contributed by atoms with Crippen LogP contribution in [-0.2, 0) is 22.0 Å². The molecule has 1 aliphatic heterocycles. The summed E-state index contributed by atoms with van der Waals surface area (Å²) in [6.45, 7) is 13.5. The van der Waals surface area contributed by atoms with Crippen molar-refractivity contribution in [1.29, 1.82) is 0 Å². The van der Waals surface area contributed by atoms with E-state index in [1.165, 1.54) is 0 Å². The average molecular weight is 512 g/mol. The van der Waals surface area contributed by atoms with Crippen LogP contribution in [0, 0.1) is 0 Å². The number of carbonyl (C=O) groups excluding carboxylic acids is 1. The smallest absolute Gasteiger partial charge is 0.148 e. The van der Waals surface area contributed by atoms with Crippen molar-refractivity contribution < 1.29 is 9.90 Å². The van der Waals surface area contributed by atoms with Crippen LogP contribution in [0.25, 0.3) is 6.08 Å². The maximum absolute atomic E-state index is 12.2. The molecular weight excluding hydrogens is 470 g/mol. The molecule has 8 heteroatoms. The van der Waals surface area contributed by atoms with Gasteiger partial charge in [0.25, 0.3) is 0 Å². The van der Waals surface area contributed by atoms with E-state index >= 15 is 0 Å². The van der Waals surface area contributed by atoms with Crippen LogP contribution in [0.5, 0.6) is 5.75 Å². The molecule has 1 atom stereocenters. The van der Waals surface area contributed by atoms with Gasteiger partial charge in [-0.1, -0.05) is 72.6 Å². The van der Waals surface area contributed by atoms with E-state index in [-0.39, 0.29) is 16.9 Å². The molecule has 1 aromatic carbocycles. The molecule has 0 saturated heterocycles. The molecule has 3 rings (SSSR count). The molecule has 0 saturated carbocycles. The molecule has 0 aliphatic carbocycles. The number of thioether (sulfide) groups is 1. The molecule has 2 N–H and O–H groups in total. The maximum Gasteiger partial charge on any atom is 0.148 e. The van der Waals surface area contributed by atoms with Crippen molar-refractivity contribution in [2.45, 2.75) is 96.9 Å². The van der Waals surface area contributed by atoms with Gasteiger partial charge in [0.05, 0.1) is 0 Å². The van der Waals surface area contributed by atoms with Crippen LogP contribution in [0.15, 0.2) is 28.6 Å². The molecule has 0 amide bonds. The van der Waals surface area contributed by atoms with Gasteiger partial charge in [-0.2, -0.15) is 0 Å². The van der Waals surface area contributed by atoms with Gasteiger partial charge in [0.2, 0.25) is 0 Å². The Kier molecular flexibility index (Phi) is 9.39. The van der Waals surface area contributed by atoms with Crippen molar-refractivity contribution in [2.24, 2.45) is 0 Å². The quantitative estimate of drug-likeness (QED) is 0.293. The molecule has 1 aliphatic rings. The van der Waals surface area contributed by atoms with Crippen LogP contribution in [0.1, 0.15) is 96.2 Å². The number of hydrogen-bond donors (Lipinski definition) is 2. The molecule has 2 aromatic rings. The van der Waals surface area contributed by atoms with Gasteiger partial charge in [-0.25, -0.2) is 5.10 Å². The second kappa shape index (κ2) is 12.1. The minimum absolute atomic E-state index is 0.194. The van der Waals surface area contributed by atoms with Gasteiger partial charge in [-0.05, 0) is 63.3 Å². The number of aromatic nitrogens is 4. The predicted octanol–water partition coefficient (Wildman–Crippen LogP) is 6.12. The molecule has 1 unspecified atom stereocenters. The van der Waals surface area contributed by atoms with E-state index in [4.69, 9.17) is 0 Å². The number of aromatic hydroxyl groups is 1. The molecule has 0 radical (unpaired) electrons. The number of aldehydes is 1. The summed E-state index contributed by atoms with van der Waals surface area (Å²) in [5, 5.41) is 27.0. The summed E-state index contributed by atoms with van der Waals surface area (Å²) in [7, 11) is 0. The first-order valence-electron chi connectivity index (χ1n) is 12.9. The zero-order valence-electron chi connectivity index (χ0n) is 22.5. The molecular formula is C28H41N5O2S. The fourth-order valence-electron chi connectivity index (χ4n) is 4.44. The summed E-state index contributed by atoms with van der Waals surface area (Å²) in [6, 6.07) is 3.85. The number of carbonyl (C=O) groups is 1. The Bertz CT molecular complexity index is 1030. The molecule has 7 nitrogen and oxygen atoms in total.